The quantitative estimate of drug-likeness (QED) is 0.0512. The molecule has 3 unspecified atom stereocenters. The largest absolute Gasteiger partial charge is 3.00 e. The van der Waals surface area contributed by atoms with Gasteiger partial charge in [-0.25, -0.2) is 14.4 Å². The van der Waals surface area contributed by atoms with Crippen LogP contribution < -0.4 is 15.3 Å². The summed E-state index contributed by atoms with van der Waals surface area (Å²) in [7, 11) is 0. The minimum Gasteiger partial charge on any atom is -0.545 e. The third kappa shape index (κ3) is 21.6. The SMILES string of the molecule is CCCCC(CC)COC(=O)c1ccccc1C(=O)[O-].CCCCC(CC)COC(=O)c1ccccc1C(=O)[O-].CCCCC(CC)COC(=O)c1ccccc1C(=O)[O-].[Bi+3]. The standard InChI is InChI=1S/3C16H22O4.Bi/c3*1-3-5-8-12(4-2)11-20-16(19)14-10-7-6-9-13(14)15(17)18;/h3*6-7,9-10,12H,3-5,8,11H2,1-2H3,(H,17,18);/q;;;+3/p-3. The van der Waals surface area contributed by atoms with Crippen LogP contribution in [0.15, 0.2) is 72.8 Å². The summed E-state index contributed by atoms with van der Waals surface area (Å²) in [6.45, 7) is 13.5. The molecule has 0 amide bonds. The van der Waals surface area contributed by atoms with E-state index in [1.807, 2.05) is 0 Å². The van der Waals surface area contributed by atoms with Crippen LogP contribution in [0.3, 0.4) is 0 Å². The van der Waals surface area contributed by atoms with Crippen LogP contribution in [0, 0.1) is 17.8 Å². The summed E-state index contributed by atoms with van der Waals surface area (Å²) in [5, 5.41) is 32.8. The molecule has 0 saturated heterocycles. The van der Waals surface area contributed by atoms with Crippen LogP contribution in [0.5, 0.6) is 0 Å². The molecule has 0 bridgehead atoms. The van der Waals surface area contributed by atoms with Gasteiger partial charge in [-0.3, -0.25) is 0 Å². The summed E-state index contributed by atoms with van der Waals surface area (Å²) in [6.07, 6.45) is 12.5. The van der Waals surface area contributed by atoms with Crippen molar-refractivity contribution in [1.29, 1.82) is 0 Å². The van der Waals surface area contributed by atoms with E-state index in [0.29, 0.717) is 37.6 Å². The van der Waals surface area contributed by atoms with Gasteiger partial charge in [-0.2, -0.15) is 0 Å². The van der Waals surface area contributed by atoms with Gasteiger partial charge in [0.15, 0.2) is 0 Å². The fraction of sp³-hybridized carbons (Fsp3) is 0.500. The molecule has 0 saturated carbocycles. The van der Waals surface area contributed by atoms with Crippen LogP contribution >= 0.6 is 0 Å². The first-order chi connectivity index (χ1) is 28.8. The van der Waals surface area contributed by atoms with E-state index in [4.69, 9.17) is 14.2 Å². The molecule has 0 spiro atoms. The first-order valence-corrected chi connectivity index (χ1v) is 21.2. The third-order valence-electron chi connectivity index (χ3n) is 10.1. The van der Waals surface area contributed by atoms with E-state index in [2.05, 4.69) is 41.5 Å². The molecule has 0 fully saturated rings. The van der Waals surface area contributed by atoms with E-state index < -0.39 is 35.8 Å². The molecule has 0 heterocycles. The average Bonchev–Trinajstić information content (AvgIpc) is 3.26. The van der Waals surface area contributed by atoms with Crippen molar-refractivity contribution in [1.82, 2.24) is 0 Å². The maximum atomic E-state index is 12.0. The van der Waals surface area contributed by atoms with Gasteiger partial charge in [-0.1, -0.05) is 154 Å². The predicted molar refractivity (Wildman–Crippen MR) is 229 cm³/mol. The van der Waals surface area contributed by atoms with Gasteiger partial charge in [0.25, 0.3) is 0 Å². The van der Waals surface area contributed by atoms with Gasteiger partial charge < -0.3 is 43.9 Å². The van der Waals surface area contributed by atoms with Crippen molar-refractivity contribution in [3.63, 3.8) is 0 Å². The van der Waals surface area contributed by atoms with E-state index in [1.54, 1.807) is 36.4 Å². The Bertz CT molecular complexity index is 1570. The van der Waals surface area contributed by atoms with Gasteiger partial charge >= 0.3 is 44.1 Å². The number of unbranched alkanes of at least 4 members (excludes halogenated alkanes) is 3. The summed E-state index contributed by atoms with van der Waals surface area (Å²) in [4.78, 5) is 68.7. The monoisotopic (exact) mass is 1040 g/mol. The zero-order chi connectivity index (χ0) is 44.9. The predicted octanol–water partition coefficient (Wildman–Crippen LogP) is 6.89. The number of aromatic carboxylic acids is 3. The topological polar surface area (TPSA) is 199 Å². The smallest absolute Gasteiger partial charge is 0.545 e. The number of ether oxygens (including phenoxy) is 3. The van der Waals surface area contributed by atoms with E-state index in [-0.39, 0.29) is 59.6 Å². The Balaban J connectivity index is 0.000000878. The fourth-order valence-corrected chi connectivity index (χ4v) is 6.03. The molecular weight excluding hydrogens is 977 g/mol. The molecule has 13 heteroatoms. The Morgan fingerprint density at radius 2 is 0.623 bits per heavy atom. The van der Waals surface area contributed by atoms with Crippen molar-refractivity contribution in [2.75, 3.05) is 19.8 Å². The molecule has 3 aromatic rings. The van der Waals surface area contributed by atoms with Crippen LogP contribution in [-0.2, 0) is 14.2 Å². The molecule has 2 radical (unpaired) electrons. The second-order valence-electron chi connectivity index (χ2n) is 14.5. The molecule has 12 nitrogen and oxygen atoms in total. The molecule has 3 rings (SSSR count). The Labute approximate surface area is 380 Å². The van der Waals surface area contributed by atoms with Crippen molar-refractivity contribution >= 4 is 62.0 Å². The molecular formula is C48H63BiO12. The molecule has 0 aliphatic heterocycles. The molecule has 0 aliphatic rings. The van der Waals surface area contributed by atoms with Gasteiger partial charge in [0.2, 0.25) is 0 Å². The van der Waals surface area contributed by atoms with Crippen molar-refractivity contribution < 1.29 is 58.3 Å². The normalized spacial score (nSPS) is 11.7. The number of carbonyl (C=O) groups is 6. The van der Waals surface area contributed by atoms with Crippen LogP contribution in [0.2, 0.25) is 0 Å². The van der Waals surface area contributed by atoms with Gasteiger partial charge in [0, 0.05) is 16.7 Å². The molecule has 3 atom stereocenters. The van der Waals surface area contributed by atoms with Crippen molar-refractivity contribution in [2.45, 2.75) is 119 Å². The van der Waals surface area contributed by atoms with Gasteiger partial charge in [-0.15, -0.1) is 0 Å². The number of carboxylic acid groups (broad SMARTS) is 3. The first-order valence-electron chi connectivity index (χ1n) is 21.2. The fourth-order valence-electron chi connectivity index (χ4n) is 6.03. The summed E-state index contributed by atoms with van der Waals surface area (Å²) >= 11 is 0. The van der Waals surface area contributed by atoms with E-state index >= 15 is 0 Å². The number of hydrogen-bond acceptors (Lipinski definition) is 12. The number of rotatable bonds is 24. The van der Waals surface area contributed by atoms with Crippen LogP contribution in [0.1, 0.15) is 181 Å². The van der Waals surface area contributed by atoms with Gasteiger partial charge in [0.05, 0.1) is 54.4 Å². The number of esters is 3. The Kier molecular flexibility index (Phi) is 30.5. The van der Waals surface area contributed by atoms with E-state index in [0.717, 1.165) is 77.0 Å². The Morgan fingerprint density at radius 3 is 0.803 bits per heavy atom. The van der Waals surface area contributed by atoms with Gasteiger partial charge in [0.1, 0.15) is 0 Å². The molecule has 0 N–H and O–H groups in total. The van der Waals surface area contributed by atoms with Crippen molar-refractivity contribution in [3.8, 4) is 0 Å². The number of hydrogen-bond donors (Lipinski definition) is 0. The molecule has 0 aliphatic carbocycles. The molecule has 332 valence electrons. The van der Waals surface area contributed by atoms with Crippen molar-refractivity contribution in [2.24, 2.45) is 17.8 Å². The average molecular weight is 1040 g/mol. The number of benzene rings is 3. The maximum Gasteiger partial charge on any atom is 3.00 e. The minimum atomic E-state index is -1.37. The van der Waals surface area contributed by atoms with Crippen LogP contribution in [0.25, 0.3) is 0 Å². The minimum absolute atomic E-state index is 0. The zero-order valence-electron chi connectivity index (χ0n) is 36.6. The third-order valence-corrected chi connectivity index (χ3v) is 10.1. The molecule has 0 aromatic heterocycles. The summed E-state index contributed by atoms with van der Waals surface area (Å²) < 4.78 is 15.7. The van der Waals surface area contributed by atoms with Crippen LogP contribution in [0.4, 0.5) is 0 Å². The number of carboxylic acids is 3. The van der Waals surface area contributed by atoms with Crippen LogP contribution in [-0.4, -0.2) is 81.8 Å². The summed E-state index contributed by atoms with van der Waals surface area (Å²) in [5.74, 6) is -4.90. The first kappa shape index (κ1) is 56.4. The number of carbonyl (C=O) groups excluding carboxylic acids is 6. The summed E-state index contributed by atoms with van der Waals surface area (Å²) in [5.41, 5.74) is -0.217. The zero-order valence-corrected chi connectivity index (χ0v) is 40.1. The molecule has 3 aromatic carbocycles. The second kappa shape index (κ2) is 33.0. The Morgan fingerprint density at radius 1 is 0.410 bits per heavy atom. The van der Waals surface area contributed by atoms with E-state index in [9.17, 15) is 44.1 Å². The van der Waals surface area contributed by atoms with E-state index in [1.165, 1.54) is 36.4 Å². The maximum absolute atomic E-state index is 12.0. The van der Waals surface area contributed by atoms with Crippen molar-refractivity contribution in [3.05, 3.63) is 106 Å². The second-order valence-corrected chi connectivity index (χ2v) is 14.5. The Hall–Kier alpha value is -4.64. The summed E-state index contributed by atoms with van der Waals surface area (Å²) in [6, 6.07) is 17.9. The van der Waals surface area contributed by atoms with Gasteiger partial charge in [-0.05, 0) is 55.2 Å². The molecule has 61 heavy (non-hydrogen) atoms.